The van der Waals surface area contributed by atoms with Gasteiger partial charge in [-0.3, -0.25) is 9.79 Å². The number of rotatable bonds is 5. The third-order valence-corrected chi connectivity index (χ3v) is 4.91. The van der Waals surface area contributed by atoms with Gasteiger partial charge in [0, 0.05) is 43.8 Å². The van der Waals surface area contributed by atoms with Crippen molar-refractivity contribution >= 4 is 46.8 Å². The minimum absolute atomic E-state index is 0. The molecule has 1 aliphatic heterocycles. The van der Waals surface area contributed by atoms with Gasteiger partial charge >= 0.3 is 5.97 Å². The Labute approximate surface area is 177 Å². The first-order valence-corrected chi connectivity index (χ1v) is 9.40. The van der Waals surface area contributed by atoms with Crippen LogP contribution >= 0.6 is 24.0 Å². The summed E-state index contributed by atoms with van der Waals surface area (Å²) in [7, 11) is 1.79. The summed E-state index contributed by atoms with van der Waals surface area (Å²) in [4.78, 5) is 21.9. The Bertz CT molecular complexity index is 774. The molecular weight excluding hydrogens is 455 g/mol. The molecule has 1 aromatic heterocycles. The standard InChI is InChI=1S/C20H28N4O2.HI/c1-3-26-19(25)16-7-6-12-24(14-16)20(21-2)22-11-10-15-13-23-18-9-5-4-8-17(15)18;/h4-5,8-9,13,16,23H,3,6-7,10-12,14H2,1-2H3,(H,21,22);1H. The molecule has 0 bridgehead atoms. The van der Waals surface area contributed by atoms with Gasteiger partial charge in [-0.1, -0.05) is 18.2 Å². The van der Waals surface area contributed by atoms with Gasteiger partial charge in [0.2, 0.25) is 0 Å². The molecule has 0 amide bonds. The molecule has 0 saturated carbocycles. The number of likely N-dealkylation sites (tertiary alicyclic amines) is 1. The number of H-pyrrole nitrogens is 1. The SMILES string of the molecule is CCOC(=O)C1CCCN(C(=NC)NCCc2c[nH]c3ccccc23)C1.I. The third-order valence-electron chi connectivity index (χ3n) is 4.91. The average molecular weight is 484 g/mol. The zero-order chi connectivity index (χ0) is 18.4. The monoisotopic (exact) mass is 484 g/mol. The molecule has 0 radical (unpaired) electrons. The van der Waals surface area contributed by atoms with Gasteiger partial charge in [0.25, 0.3) is 0 Å². The second kappa shape index (κ2) is 10.5. The van der Waals surface area contributed by atoms with Gasteiger partial charge in [0.15, 0.2) is 5.96 Å². The number of piperidine rings is 1. The number of aromatic nitrogens is 1. The zero-order valence-corrected chi connectivity index (χ0v) is 18.4. The quantitative estimate of drug-likeness (QED) is 0.296. The first-order chi connectivity index (χ1) is 12.7. The Kier molecular flexibility index (Phi) is 8.40. The molecular formula is C20H29IN4O2. The third kappa shape index (κ3) is 5.37. The van der Waals surface area contributed by atoms with Gasteiger partial charge in [-0.2, -0.15) is 0 Å². The molecule has 1 unspecified atom stereocenters. The first-order valence-electron chi connectivity index (χ1n) is 9.40. The van der Waals surface area contributed by atoms with Gasteiger partial charge in [-0.15, -0.1) is 24.0 Å². The molecule has 1 aliphatic rings. The molecule has 1 fully saturated rings. The van der Waals surface area contributed by atoms with Crippen molar-refractivity contribution in [3.05, 3.63) is 36.0 Å². The highest BCUT2D eigenvalue weighted by Crippen LogP contribution is 2.19. The molecule has 1 aromatic carbocycles. The molecule has 1 saturated heterocycles. The van der Waals surface area contributed by atoms with Crippen LogP contribution in [-0.2, 0) is 16.0 Å². The highest BCUT2D eigenvalue weighted by molar-refractivity contribution is 14.0. The van der Waals surface area contributed by atoms with Crippen LogP contribution in [0.15, 0.2) is 35.5 Å². The van der Waals surface area contributed by atoms with E-state index in [4.69, 9.17) is 4.74 Å². The molecule has 148 valence electrons. The summed E-state index contributed by atoms with van der Waals surface area (Å²) in [6, 6.07) is 8.34. The van der Waals surface area contributed by atoms with Crippen LogP contribution in [0.3, 0.4) is 0 Å². The summed E-state index contributed by atoms with van der Waals surface area (Å²) >= 11 is 0. The lowest BCUT2D eigenvalue weighted by atomic mass is 9.98. The van der Waals surface area contributed by atoms with Crippen LogP contribution in [0, 0.1) is 5.92 Å². The number of hydrogen-bond acceptors (Lipinski definition) is 3. The fraction of sp³-hybridized carbons (Fsp3) is 0.500. The molecule has 27 heavy (non-hydrogen) atoms. The number of esters is 1. The number of guanidine groups is 1. The van der Waals surface area contributed by atoms with E-state index in [2.05, 4.69) is 44.6 Å². The number of carbonyl (C=O) groups is 1. The van der Waals surface area contributed by atoms with E-state index >= 15 is 0 Å². The summed E-state index contributed by atoms with van der Waals surface area (Å²) in [6.07, 6.45) is 4.86. The highest BCUT2D eigenvalue weighted by atomic mass is 127. The largest absolute Gasteiger partial charge is 0.466 e. The average Bonchev–Trinajstić information content (AvgIpc) is 3.09. The van der Waals surface area contributed by atoms with Crippen molar-refractivity contribution in [3.63, 3.8) is 0 Å². The van der Waals surface area contributed by atoms with E-state index in [0.717, 1.165) is 38.3 Å². The lowest BCUT2D eigenvalue weighted by Gasteiger charge is -2.33. The molecule has 1 atom stereocenters. The predicted octanol–water partition coefficient (Wildman–Crippen LogP) is 3.18. The Morgan fingerprint density at radius 2 is 2.22 bits per heavy atom. The van der Waals surface area contributed by atoms with Crippen LogP contribution in [0.25, 0.3) is 10.9 Å². The molecule has 6 nitrogen and oxygen atoms in total. The number of fused-ring (bicyclic) bond motifs is 1. The second-order valence-electron chi connectivity index (χ2n) is 6.62. The maximum atomic E-state index is 12.0. The second-order valence-corrected chi connectivity index (χ2v) is 6.62. The fourth-order valence-electron chi connectivity index (χ4n) is 3.60. The summed E-state index contributed by atoms with van der Waals surface area (Å²) in [5.41, 5.74) is 2.46. The van der Waals surface area contributed by atoms with Gasteiger partial charge in [0.1, 0.15) is 0 Å². The van der Waals surface area contributed by atoms with E-state index in [1.807, 2.05) is 13.0 Å². The van der Waals surface area contributed by atoms with Crippen molar-refractivity contribution < 1.29 is 9.53 Å². The Morgan fingerprint density at radius 1 is 1.41 bits per heavy atom. The van der Waals surface area contributed by atoms with Crippen LogP contribution < -0.4 is 5.32 Å². The molecule has 3 rings (SSSR count). The summed E-state index contributed by atoms with van der Waals surface area (Å²) < 4.78 is 5.18. The Balaban J connectivity index is 0.00000261. The lowest BCUT2D eigenvalue weighted by Crippen LogP contribution is -2.48. The number of aliphatic imine (C=N–C) groups is 1. The van der Waals surface area contributed by atoms with Crippen molar-refractivity contribution in [1.29, 1.82) is 0 Å². The molecule has 2 heterocycles. The zero-order valence-electron chi connectivity index (χ0n) is 16.0. The number of aromatic amines is 1. The summed E-state index contributed by atoms with van der Waals surface area (Å²) in [5.74, 6) is 0.709. The van der Waals surface area contributed by atoms with Gasteiger partial charge < -0.3 is 19.9 Å². The number of benzene rings is 1. The lowest BCUT2D eigenvalue weighted by molar-refractivity contribution is -0.149. The van der Waals surface area contributed by atoms with Crippen molar-refractivity contribution in [3.8, 4) is 0 Å². The van der Waals surface area contributed by atoms with E-state index in [-0.39, 0.29) is 35.9 Å². The number of nitrogens with zero attached hydrogens (tertiary/aromatic N) is 2. The number of carbonyl (C=O) groups excluding carboxylic acids is 1. The van der Waals surface area contributed by atoms with E-state index < -0.39 is 0 Å². The molecule has 7 heteroatoms. The van der Waals surface area contributed by atoms with Crippen LogP contribution in [-0.4, -0.2) is 55.1 Å². The van der Waals surface area contributed by atoms with E-state index in [9.17, 15) is 4.79 Å². The minimum Gasteiger partial charge on any atom is -0.466 e. The normalized spacial score (nSPS) is 17.5. The number of nitrogens with one attached hydrogen (secondary N) is 2. The fourth-order valence-corrected chi connectivity index (χ4v) is 3.60. The van der Waals surface area contributed by atoms with Crippen molar-refractivity contribution in [2.24, 2.45) is 10.9 Å². The highest BCUT2D eigenvalue weighted by Gasteiger charge is 2.28. The minimum atomic E-state index is -0.0913. The van der Waals surface area contributed by atoms with Crippen molar-refractivity contribution in [1.82, 2.24) is 15.2 Å². The Hall–Kier alpha value is -1.77. The van der Waals surface area contributed by atoms with Gasteiger partial charge in [-0.25, -0.2) is 0 Å². The maximum absolute atomic E-state index is 12.0. The van der Waals surface area contributed by atoms with Crippen molar-refractivity contribution in [2.75, 3.05) is 33.3 Å². The Morgan fingerprint density at radius 3 is 3.00 bits per heavy atom. The van der Waals surface area contributed by atoms with E-state index in [0.29, 0.717) is 13.2 Å². The number of halogens is 1. The number of para-hydroxylation sites is 1. The smallest absolute Gasteiger partial charge is 0.310 e. The predicted molar refractivity (Wildman–Crippen MR) is 120 cm³/mol. The van der Waals surface area contributed by atoms with Gasteiger partial charge in [0.05, 0.1) is 12.5 Å². The molecule has 2 N–H and O–H groups in total. The van der Waals surface area contributed by atoms with Crippen LogP contribution in [0.5, 0.6) is 0 Å². The summed E-state index contributed by atoms with van der Waals surface area (Å²) in [6.45, 7) is 4.68. The number of hydrogen-bond donors (Lipinski definition) is 2. The maximum Gasteiger partial charge on any atom is 0.310 e. The van der Waals surface area contributed by atoms with Gasteiger partial charge in [-0.05, 0) is 37.8 Å². The molecule has 0 aliphatic carbocycles. The van der Waals surface area contributed by atoms with Crippen LogP contribution in [0.4, 0.5) is 0 Å². The topological polar surface area (TPSA) is 69.7 Å². The van der Waals surface area contributed by atoms with E-state index in [1.165, 1.54) is 16.5 Å². The number of ether oxygens (including phenoxy) is 1. The molecule has 2 aromatic rings. The molecule has 0 spiro atoms. The van der Waals surface area contributed by atoms with Crippen LogP contribution in [0.1, 0.15) is 25.3 Å². The van der Waals surface area contributed by atoms with Crippen molar-refractivity contribution in [2.45, 2.75) is 26.2 Å². The summed E-state index contributed by atoms with van der Waals surface area (Å²) in [5, 5.41) is 4.71. The first kappa shape index (κ1) is 21.5. The van der Waals surface area contributed by atoms with Crippen LogP contribution in [0.2, 0.25) is 0 Å². The van der Waals surface area contributed by atoms with E-state index in [1.54, 1.807) is 7.05 Å².